The molecule has 4 nitrogen and oxygen atoms in total. The van der Waals surface area contributed by atoms with Gasteiger partial charge in [0.25, 0.3) is 0 Å². The lowest BCUT2D eigenvalue weighted by atomic mass is 10.00. The first kappa shape index (κ1) is 18.4. The van der Waals surface area contributed by atoms with Crippen molar-refractivity contribution >= 4 is 41.7 Å². The second-order valence-electron chi connectivity index (χ2n) is 5.51. The zero-order valence-electron chi connectivity index (χ0n) is 12.5. The summed E-state index contributed by atoms with van der Waals surface area (Å²) < 4.78 is 27.3. The predicted octanol–water partition coefficient (Wildman–Crippen LogP) is 3.57. The molecule has 124 valence electrons. The van der Waals surface area contributed by atoms with Gasteiger partial charge in [-0.15, -0.1) is 0 Å². The van der Waals surface area contributed by atoms with Gasteiger partial charge >= 0.3 is 0 Å². The average molecular weight is 455 g/mol. The molecule has 2 rings (SSSR count). The van der Waals surface area contributed by atoms with E-state index in [1.165, 1.54) is 0 Å². The number of aliphatic hydroxyl groups is 1. The minimum atomic E-state index is -3.38. The van der Waals surface area contributed by atoms with E-state index in [-0.39, 0.29) is 12.6 Å². The van der Waals surface area contributed by atoms with Gasteiger partial charge in [-0.2, -0.15) is 0 Å². The Labute approximate surface area is 148 Å². The molecule has 0 amide bonds. The van der Waals surface area contributed by atoms with E-state index in [0.717, 1.165) is 29.3 Å². The van der Waals surface area contributed by atoms with Gasteiger partial charge in [0, 0.05) is 21.1 Å². The van der Waals surface area contributed by atoms with Crippen LogP contribution in [0.1, 0.15) is 44.2 Å². The minimum absolute atomic E-state index is 0.0147. The maximum Gasteiger partial charge on any atom is 0.184 e. The molecule has 2 N–H and O–H groups in total. The number of hydrogen-bond acceptors (Lipinski definition) is 4. The number of unbranched alkanes of at least 4 members (excludes halogenated alkanes) is 2. The molecule has 0 saturated carbocycles. The highest BCUT2D eigenvalue weighted by molar-refractivity contribution is 9.11. The summed E-state index contributed by atoms with van der Waals surface area (Å²) in [5.74, 6) is 0. The van der Waals surface area contributed by atoms with Crippen LogP contribution >= 0.6 is 31.9 Å². The van der Waals surface area contributed by atoms with E-state index in [4.69, 9.17) is 5.11 Å². The molecule has 0 radical (unpaired) electrons. The highest BCUT2D eigenvalue weighted by Gasteiger charge is 2.46. The fourth-order valence-electron chi connectivity index (χ4n) is 3.02. The van der Waals surface area contributed by atoms with E-state index in [2.05, 4.69) is 44.1 Å². The lowest BCUT2D eigenvalue weighted by Gasteiger charge is -2.21. The largest absolute Gasteiger partial charge is 0.395 e. The van der Waals surface area contributed by atoms with Crippen LogP contribution in [0.5, 0.6) is 0 Å². The maximum atomic E-state index is 13.0. The first-order valence-corrected chi connectivity index (χ1v) is 10.6. The average Bonchev–Trinajstić information content (AvgIpc) is 2.70. The van der Waals surface area contributed by atoms with Gasteiger partial charge in [-0.05, 0) is 34.5 Å². The first-order valence-electron chi connectivity index (χ1n) is 7.51. The molecule has 0 aromatic heterocycles. The lowest BCUT2D eigenvalue weighted by Crippen LogP contribution is -2.33. The Balaban J connectivity index is 2.46. The van der Waals surface area contributed by atoms with E-state index >= 15 is 0 Å². The van der Waals surface area contributed by atoms with Crippen LogP contribution in [0.2, 0.25) is 0 Å². The molecule has 7 heteroatoms. The minimum Gasteiger partial charge on any atom is -0.395 e. The summed E-state index contributed by atoms with van der Waals surface area (Å²) in [7, 11) is -3.38. The number of nitrogens with one attached hydrogen (secondary N) is 1. The Morgan fingerprint density at radius 1 is 1.23 bits per heavy atom. The van der Waals surface area contributed by atoms with Crippen molar-refractivity contribution in [2.75, 3.05) is 13.2 Å². The van der Waals surface area contributed by atoms with E-state index in [9.17, 15) is 8.42 Å². The van der Waals surface area contributed by atoms with E-state index in [1.807, 2.05) is 6.07 Å². The first-order chi connectivity index (χ1) is 10.4. The Hall–Kier alpha value is 0.0500. The highest BCUT2D eigenvalue weighted by Crippen LogP contribution is 2.47. The molecular weight excluding hydrogens is 434 g/mol. The van der Waals surface area contributed by atoms with Crippen molar-refractivity contribution in [2.45, 2.75) is 48.8 Å². The van der Waals surface area contributed by atoms with Crippen molar-refractivity contribution in [3.05, 3.63) is 26.6 Å². The molecule has 1 aromatic carbocycles. The number of fused-ring (bicyclic) bond motifs is 1. The fraction of sp³-hybridized carbons (Fsp3) is 0.600. The fourth-order valence-corrected chi connectivity index (χ4v) is 7.00. The number of sulfone groups is 1. The van der Waals surface area contributed by atoms with Crippen LogP contribution in [-0.4, -0.2) is 31.9 Å². The molecule has 0 saturated heterocycles. The summed E-state index contributed by atoms with van der Waals surface area (Å²) in [6.07, 6.45) is 3.60. The van der Waals surface area contributed by atoms with Crippen molar-refractivity contribution < 1.29 is 13.5 Å². The number of aliphatic hydroxyl groups excluding tert-OH is 1. The van der Waals surface area contributed by atoms with Crippen molar-refractivity contribution in [2.24, 2.45) is 0 Å². The Kier molecular flexibility index (Phi) is 6.48. The number of benzene rings is 1. The molecule has 0 fully saturated rings. The predicted molar refractivity (Wildman–Crippen MR) is 94.8 cm³/mol. The second kappa shape index (κ2) is 7.75. The zero-order chi connectivity index (χ0) is 16.3. The van der Waals surface area contributed by atoms with Gasteiger partial charge in [-0.1, -0.05) is 42.1 Å². The smallest absolute Gasteiger partial charge is 0.184 e. The molecule has 22 heavy (non-hydrogen) atoms. The molecule has 1 aliphatic rings. The van der Waals surface area contributed by atoms with Gasteiger partial charge < -0.3 is 10.4 Å². The summed E-state index contributed by atoms with van der Waals surface area (Å²) in [6, 6.07) is 3.34. The molecule has 1 aliphatic heterocycles. The molecule has 1 heterocycles. The Morgan fingerprint density at radius 3 is 2.55 bits per heavy atom. The third kappa shape index (κ3) is 3.43. The van der Waals surface area contributed by atoms with Crippen molar-refractivity contribution in [3.8, 4) is 0 Å². The van der Waals surface area contributed by atoms with Crippen LogP contribution in [-0.2, 0) is 9.84 Å². The van der Waals surface area contributed by atoms with Crippen molar-refractivity contribution in [3.63, 3.8) is 0 Å². The molecule has 1 aromatic rings. The van der Waals surface area contributed by atoms with E-state index in [1.54, 1.807) is 6.07 Å². The molecule has 2 atom stereocenters. The van der Waals surface area contributed by atoms with Crippen LogP contribution in [0.3, 0.4) is 0 Å². The van der Waals surface area contributed by atoms with Gasteiger partial charge in [0.1, 0.15) is 0 Å². The standard InChI is InChI=1S/C15H21Br2NO3S/c1-2-3-4-5-12-14(18-8-9-19)13-10(16)6-7-11(17)15(13)22(12,20)21/h6-7,12,14,18-19H,2-5,8-9H2,1H3. The van der Waals surface area contributed by atoms with Gasteiger partial charge in [0.2, 0.25) is 0 Å². The summed E-state index contributed by atoms with van der Waals surface area (Å²) in [5, 5.41) is 11.8. The summed E-state index contributed by atoms with van der Waals surface area (Å²) >= 11 is 6.87. The zero-order valence-corrected chi connectivity index (χ0v) is 16.5. The lowest BCUT2D eigenvalue weighted by molar-refractivity contribution is 0.282. The molecular formula is C15H21Br2NO3S. The second-order valence-corrected chi connectivity index (χ2v) is 9.32. The molecule has 0 aliphatic carbocycles. The normalized spacial score (nSPS) is 22.7. The van der Waals surface area contributed by atoms with Gasteiger partial charge in [-0.25, -0.2) is 8.42 Å². The number of rotatable bonds is 7. The topological polar surface area (TPSA) is 66.4 Å². The number of halogens is 2. The van der Waals surface area contributed by atoms with Crippen LogP contribution in [0.4, 0.5) is 0 Å². The monoisotopic (exact) mass is 453 g/mol. The molecule has 0 bridgehead atoms. The van der Waals surface area contributed by atoms with E-state index < -0.39 is 15.1 Å². The third-order valence-corrected chi connectivity index (χ3v) is 7.96. The SMILES string of the molecule is CCCCCC1C(NCCO)c2c(Br)ccc(Br)c2S1(=O)=O. The molecule has 0 spiro atoms. The molecule has 2 unspecified atom stereocenters. The highest BCUT2D eigenvalue weighted by atomic mass is 79.9. The summed E-state index contributed by atoms with van der Waals surface area (Å²) in [6.45, 7) is 2.47. The van der Waals surface area contributed by atoms with Gasteiger partial charge in [-0.3, -0.25) is 0 Å². The van der Waals surface area contributed by atoms with E-state index in [0.29, 0.717) is 22.3 Å². The quantitative estimate of drug-likeness (QED) is 0.618. The van der Waals surface area contributed by atoms with Crippen molar-refractivity contribution in [1.82, 2.24) is 5.32 Å². The third-order valence-electron chi connectivity index (χ3n) is 4.03. The Morgan fingerprint density at radius 2 is 1.91 bits per heavy atom. The Bertz CT molecular complexity index is 634. The maximum absolute atomic E-state index is 13.0. The number of hydrogen-bond donors (Lipinski definition) is 2. The van der Waals surface area contributed by atoms with Crippen molar-refractivity contribution in [1.29, 1.82) is 0 Å². The van der Waals surface area contributed by atoms with Gasteiger partial charge in [0.15, 0.2) is 9.84 Å². The van der Waals surface area contributed by atoms with Crippen LogP contribution in [0.25, 0.3) is 0 Å². The van der Waals surface area contributed by atoms with Crippen LogP contribution < -0.4 is 5.32 Å². The van der Waals surface area contributed by atoms with Crippen LogP contribution in [0.15, 0.2) is 26.0 Å². The van der Waals surface area contributed by atoms with Crippen LogP contribution in [0, 0.1) is 0 Å². The summed E-state index contributed by atoms with van der Waals surface area (Å²) in [5.41, 5.74) is 0.782. The van der Waals surface area contributed by atoms with Gasteiger partial charge in [0.05, 0.1) is 22.8 Å². The summed E-state index contributed by atoms with van der Waals surface area (Å²) in [4.78, 5) is 0.388.